The Balaban J connectivity index is 1.54. The Bertz CT molecular complexity index is 971. The number of esters is 1. The van der Waals surface area contributed by atoms with Crippen molar-refractivity contribution >= 4 is 28.7 Å². The fourth-order valence-corrected chi connectivity index (χ4v) is 3.37. The molecule has 2 amide bonds. The summed E-state index contributed by atoms with van der Waals surface area (Å²) in [4.78, 5) is 54.7. The van der Waals surface area contributed by atoms with E-state index >= 15 is 0 Å². The molecule has 1 N–H and O–H groups in total. The maximum Gasteiger partial charge on any atom is 0.310 e. The lowest BCUT2D eigenvalue weighted by molar-refractivity contribution is -0.151. The van der Waals surface area contributed by atoms with Crippen molar-refractivity contribution in [2.45, 2.75) is 26.3 Å². The Morgan fingerprint density at radius 1 is 1.28 bits per heavy atom. The number of ether oxygens (including phenoxy) is 1. The Morgan fingerprint density at radius 2 is 2.07 bits per heavy atom. The number of fused-ring (bicyclic) bond motifs is 1. The van der Waals surface area contributed by atoms with E-state index in [4.69, 9.17) is 4.74 Å². The third kappa shape index (κ3) is 4.98. The fourth-order valence-electron chi connectivity index (χ4n) is 3.37. The van der Waals surface area contributed by atoms with Crippen LogP contribution in [0.3, 0.4) is 0 Å². The van der Waals surface area contributed by atoms with Gasteiger partial charge in [-0.25, -0.2) is 4.98 Å². The van der Waals surface area contributed by atoms with E-state index in [1.807, 2.05) is 0 Å². The van der Waals surface area contributed by atoms with Gasteiger partial charge in [-0.2, -0.15) is 0 Å². The Labute approximate surface area is 167 Å². The molecule has 0 unspecified atom stereocenters. The molecule has 9 heteroatoms. The van der Waals surface area contributed by atoms with Gasteiger partial charge in [0.2, 0.25) is 11.8 Å². The second-order valence-corrected chi connectivity index (χ2v) is 6.90. The van der Waals surface area contributed by atoms with Gasteiger partial charge in [-0.3, -0.25) is 23.7 Å². The maximum atomic E-state index is 12.4. The van der Waals surface area contributed by atoms with Gasteiger partial charge in [0.25, 0.3) is 5.56 Å². The van der Waals surface area contributed by atoms with Crippen LogP contribution in [0.4, 0.5) is 0 Å². The first-order valence-electron chi connectivity index (χ1n) is 9.65. The molecule has 154 valence electrons. The molecule has 0 aliphatic carbocycles. The summed E-state index contributed by atoms with van der Waals surface area (Å²) in [5, 5.41) is 2.97. The van der Waals surface area contributed by atoms with Gasteiger partial charge in [-0.1, -0.05) is 12.1 Å². The molecule has 1 aromatic carbocycles. The lowest BCUT2D eigenvalue weighted by Crippen LogP contribution is -2.47. The third-order valence-electron chi connectivity index (χ3n) is 4.88. The van der Waals surface area contributed by atoms with Gasteiger partial charge in [0.15, 0.2) is 0 Å². The van der Waals surface area contributed by atoms with Crippen molar-refractivity contribution in [1.82, 2.24) is 19.8 Å². The first-order valence-corrected chi connectivity index (χ1v) is 9.65. The monoisotopic (exact) mass is 400 g/mol. The summed E-state index contributed by atoms with van der Waals surface area (Å²) in [7, 11) is 0. The molecule has 2 aromatic rings. The van der Waals surface area contributed by atoms with E-state index in [1.165, 1.54) is 10.9 Å². The molecule has 3 rings (SSSR count). The molecular weight excluding hydrogens is 376 g/mol. The summed E-state index contributed by atoms with van der Waals surface area (Å²) in [5.74, 6) is -1.35. The highest BCUT2D eigenvalue weighted by atomic mass is 16.5. The van der Waals surface area contributed by atoms with Gasteiger partial charge in [0, 0.05) is 13.1 Å². The van der Waals surface area contributed by atoms with E-state index in [0.29, 0.717) is 43.4 Å². The summed E-state index contributed by atoms with van der Waals surface area (Å²) >= 11 is 0. The number of para-hydroxylation sites is 1. The molecule has 1 aliphatic rings. The predicted molar refractivity (Wildman–Crippen MR) is 105 cm³/mol. The van der Waals surface area contributed by atoms with Crippen LogP contribution in [0, 0.1) is 5.92 Å². The molecule has 1 saturated heterocycles. The van der Waals surface area contributed by atoms with Crippen molar-refractivity contribution < 1.29 is 19.1 Å². The van der Waals surface area contributed by atoms with Crippen LogP contribution in [0.5, 0.6) is 0 Å². The predicted octanol–water partition coefficient (Wildman–Crippen LogP) is 0.314. The number of carbonyl (C=O) groups is 3. The molecule has 1 aliphatic heterocycles. The standard InChI is InChI=1S/C20H24N4O5/c1-2-29-20(28)14-6-5-9-23(11-14)18(26)10-21-17(25)12-24-13-22-16-8-4-3-7-15(16)19(24)27/h3-4,7-8,13-14H,2,5-6,9-12H2,1H3,(H,21,25)/t14-/m0/s1. The number of hydrogen-bond donors (Lipinski definition) is 1. The van der Waals surface area contributed by atoms with Gasteiger partial charge in [-0.05, 0) is 31.9 Å². The highest BCUT2D eigenvalue weighted by molar-refractivity contribution is 5.85. The van der Waals surface area contributed by atoms with Crippen molar-refractivity contribution in [3.63, 3.8) is 0 Å². The van der Waals surface area contributed by atoms with Gasteiger partial charge < -0.3 is 15.0 Å². The van der Waals surface area contributed by atoms with Crippen LogP contribution in [0.2, 0.25) is 0 Å². The topological polar surface area (TPSA) is 111 Å². The molecule has 1 atom stereocenters. The maximum absolute atomic E-state index is 12.4. The fraction of sp³-hybridized carbons (Fsp3) is 0.450. The smallest absolute Gasteiger partial charge is 0.310 e. The van der Waals surface area contributed by atoms with E-state index in [-0.39, 0.29) is 36.4 Å². The number of piperidine rings is 1. The van der Waals surface area contributed by atoms with Crippen LogP contribution in [-0.2, 0) is 25.7 Å². The highest BCUT2D eigenvalue weighted by Crippen LogP contribution is 2.17. The second kappa shape index (κ2) is 9.31. The number of carbonyl (C=O) groups excluding carboxylic acids is 3. The summed E-state index contributed by atoms with van der Waals surface area (Å²) in [6.45, 7) is 2.47. The highest BCUT2D eigenvalue weighted by Gasteiger charge is 2.29. The van der Waals surface area contributed by atoms with Crippen molar-refractivity contribution in [3.8, 4) is 0 Å². The minimum absolute atomic E-state index is 0.190. The van der Waals surface area contributed by atoms with Gasteiger partial charge in [-0.15, -0.1) is 0 Å². The van der Waals surface area contributed by atoms with Gasteiger partial charge in [0.1, 0.15) is 6.54 Å². The number of aromatic nitrogens is 2. The van der Waals surface area contributed by atoms with Gasteiger partial charge >= 0.3 is 5.97 Å². The van der Waals surface area contributed by atoms with Crippen molar-refractivity contribution in [3.05, 3.63) is 40.9 Å². The van der Waals surface area contributed by atoms with Crippen LogP contribution in [0.1, 0.15) is 19.8 Å². The van der Waals surface area contributed by atoms with E-state index in [2.05, 4.69) is 10.3 Å². The average Bonchev–Trinajstić information content (AvgIpc) is 2.74. The van der Waals surface area contributed by atoms with E-state index < -0.39 is 5.91 Å². The number of hydrogen-bond acceptors (Lipinski definition) is 6. The van der Waals surface area contributed by atoms with Gasteiger partial charge in [0.05, 0.1) is 36.3 Å². The number of likely N-dealkylation sites (tertiary alicyclic amines) is 1. The minimum atomic E-state index is -0.462. The normalized spacial score (nSPS) is 16.4. The van der Waals surface area contributed by atoms with Crippen LogP contribution < -0.4 is 10.9 Å². The molecular formula is C20H24N4O5. The van der Waals surface area contributed by atoms with Crippen molar-refractivity contribution in [2.75, 3.05) is 26.2 Å². The summed E-state index contributed by atoms with van der Waals surface area (Å²) in [6.07, 6.45) is 2.72. The molecule has 2 heterocycles. The van der Waals surface area contributed by atoms with Crippen LogP contribution in [0.25, 0.3) is 10.9 Å². The molecule has 0 bridgehead atoms. The molecule has 0 saturated carbocycles. The number of benzene rings is 1. The van der Waals surface area contributed by atoms with Crippen molar-refractivity contribution in [1.29, 1.82) is 0 Å². The van der Waals surface area contributed by atoms with Crippen molar-refractivity contribution in [2.24, 2.45) is 5.92 Å². The zero-order valence-electron chi connectivity index (χ0n) is 16.3. The first kappa shape index (κ1) is 20.5. The quantitative estimate of drug-likeness (QED) is 0.699. The van der Waals surface area contributed by atoms with E-state index in [9.17, 15) is 19.2 Å². The summed E-state index contributed by atoms with van der Waals surface area (Å²) in [5.41, 5.74) is 0.246. The summed E-state index contributed by atoms with van der Waals surface area (Å²) in [6, 6.07) is 6.89. The van der Waals surface area contributed by atoms with E-state index in [1.54, 1.807) is 36.1 Å². The lowest BCUT2D eigenvalue weighted by Gasteiger charge is -2.31. The zero-order valence-corrected chi connectivity index (χ0v) is 16.3. The molecule has 1 aromatic heterocycles. The Kier molecular flexibility index (Phi) is 6.58. The Morgan fingerprint density at radius 3 is 2.86 bits per heavy atom. The number of rotatable bonds is 6. The van der Waals surface area contributed by atoms with Crippen LogP contribution in [0.15, 0.2) is 35.4 Å². The number of nitrogens with one attached hydrogen (secondary N) is 1. The summed E-state index contributed by atoms with van der Waals surface area (Å²) < 4.78 is 6.24. The lowest BCUT2D eigenvalue weighted by atomic mass is 9.98. The molecule has 0 spiro atoms. The van der Waals surface area contributed by atoms with Crippen LogP contribution >= 0.6 is 0 Å². The number of amides is 2. The minimum Gasteiger partial charge on any atom is -0.466 e. The zero-order chi connectivity index (χ0) is 20.8. The SMILES string of the molecule is CCOC(=O)[C@H]1CCCN(C(=O)CNC(=O)Cn2cnc3ccccc3c2=O)C1. The molecule has 0 radical (unpaired) electrons. The molecule has 1 fully saturated rings. The Hall–Kier alpha value is -3.23. The third-order valence-corrected chi connectivity index (χ3v) is 4.88. The van der Waals surface area contributed by atoms with Crippen LogP contribution in [-0.4, -0.2) is 58.5 Å². The second-order valence-electron chi connectivity index (χ2n) is 6.90. The first-order chi connectivity index (χ1) is 14.0. The number of nitrogens with zero attached hydrogens (tertiary/aromatic N) is 3. The largest absolute Gasteiger partial charge is 0.466 e. The molecule has 9 nitrogen and oxygen atoms in total. The van der Waals surface area contributed by atoms with E-state index in [0.717, 1.165) is 0 Å². The molecule has 29 heavy (non-hydrogen) atoms. The average molecular weight is 400 g/mol.